The van der Waals surface area contributed by atoms with Gasteiger partial charge in [-0.05, 0) is 52.4 Å². The van der Waals surface area contributed by atoms with Crippen LogP contribution >= 0.6 is 0 Å². The Labute approximate surface area is 260 Å². The fourth-order valence-corrected chi connectivity index (χ4v) is 5.49. The van der Waals surface area contributed by atoms with Crippen molar-refractivity contribution in [1.82, 2.24) is 25.5 Å². The molecule has 4 aromatic rings. The lowest BCUT2D eigenvalue weighted by atomic mass is 9.84. The molecule has 6 rings (SSSR count). The third-order valence-electron chi connectivity index (χ3n) is 7.96. The van der Waals surface area contributed by atoms with Gasteiger partial charge in [0, 0.05) is 37.0 Å². The molecular formula is C33H34FN7O4. The molecule has 0 atom stereocenters. The fourth-order valence-electron chi connectivity index (χ4n) is 5.49. The van der Waals surface area contributed by atoms with Gasteiger partial charge in [0.05, 0.1) is 42.8 Å². The Balaban J connectivity index is 1.24. The second kappa shape index (κ2) is 12.3. The molecule has 2 amide bonds. The van der Waals surface area contributed by atoms with Gasteiger partial charge >= 0.3 is 0 Å². The summed E-state index contributed by atoms with van der Waals surface area (Å²) in [5.74, 6) is -0.360. The topological polar surface area (TPSA) is 133 Å². The molecule has 3 N–H and O–H groups in total. The van der Waals surface area contributed by atoms with Gasteiger partial charge in [-0.2, -0.15) is 5.10 Å². The van der Waals surface area contributed by atoms with Crippen LogP contribution < -0.4 is 15.8 Å². The highest BCUT2D eigenvalue weighted by atomic mass is 19.1. The number of carbonyl (C=O) groups excluding carboxylic acids is 2. The number of pyridine rings is 1. The number of benzene rings is 2. The van der Waals surface area contributed by atoms with Crippen molar-refractivity contribution in [3.05, 3.63) is 94.6 Å². The van der Waals surface area contributed by atoms with Crippen LogP contribution in [0.15, 0.2) is 60.9 Å². The minimum Gasteiger partial charge on any atom is -0.392 e. The van der Waals surface area contributed by atoms with E-state index < -0.39 is 11.7 Å². The van der Waals surface area contributed by atoms with Crippen LogP contribution in [-0.2, 0) is 23.3 Å². The molecule has 0 aliphatic carbocycles. The lowest BCUT2D eigenvalue weighted by Gasteiger charge is -2.32. The minimum atomic E-state index is -0.572. The molecule has 0 spiro atoms. The van der Waals surface area contributed by atoms with Gasteiger partial charge in [-0.25, -0.2) is 19.8 Å². The van der Waals surface area contributed by atoms with Crippen molar-refractivity contribution in [2.75, 3.05) is 36.6 Å². The number of fused-ring (bicyclic) bond motifs is 1. The predicted molar refractivity (Wildman–Crippen MR) is 166 cm³/mol. The van der Waals surface area contributed by atoms with Crippen LogP contribution in [0.25, 0.3) is 11.1 Å². The lowest BCUT2D eigenvalue weighted by molar-refractivity contribution is 0.0302. The van der Waals surface area contributed by atoms with E-state index in [4.69, 9.17) is 4.74 Å². The Morgan fingerprint density at radius 1 is 1.09 bits per heavy atom. The van der Waals surface area contributed by atoms with E-state index in [1.165, 1.54) is 17.3 Å². The van der Waals surface area contributed by atoms with E-state index >= 15 is 4.39 Å². The van der Waals surface area contributed by atoms with Crippen molar-refractivity contribution in [3.8, 4) is 11.1 Å². The first-order valence-corrected chi connectivity index (χ1v) is 14.7. The smallest absolute Gasteiger partial charge is 0.275 e. The number of hydrogen-bond donors (Lipinski definition) is 3. The second-order valence-corrected chi connectivity index (χ2v) is 12.0. The SMILES string of the molecule is CC(C)(C)c1cc(F)c2c(c1)CNN(c1cccc(-c3cnnc(Nc4ccc(C(=O)N5CCOCC5)cn4)c3)c1CO)C2=O. The highest BCUT2D eigenvalue weighted by Gasteiger charge is 2.32. The van der Waals surface area contributed by atoms with Crippen molar-refractivity contribution in [2.45, 2.75) is 39.3 Å². The molecule has 232 valence electrons. The van der Waals surface area contributed by atoms with Gasteiger partial charge < -0.3 is 20.1 Å². The average Bonchev–Trinajstić information content (AvgIpc) is 3.04. The van der Waals surface area contributed by atoms with Crippen molar-refractivity contribution >= 4 is 29.1 Å². The molecule has 2 aromatic heterocycles. The fraction of sp³-hybridized carbons (Fsp3) is 0.303. The number of nitrogens with zero attached hydrogens (tertiary/aromatic N) is 5. The standard InChI is InChI=1S/C33H34FN7O4/c1-33(2,3)23-13-22-18-37-41(32(44)30(22)26(34)15-23)27-6-4-5-24(25(27)19-42)21-14-29(39-36-17-21)38-28-8-7-20(16-35-28)31(43)40-9-11-45-12-10-40/h4-8,13-17,37,42H,9-12,18-19H2,1-3H3,(H,35,38,39). The summed E-state index contributed by atoms with van der Waals surface area (Å²) < 4.78 is 20.6. The van der Waals surface area contributed by atoms with E-state index in [1.54, 1.807) is 47.5 Å². The van der Waals surface area contributed by atoms with Crippen LogP contribution in [0.2, 0.25) is 0 Å². The number of carbonyl (C=O) groups is 2. The molecule has 2 aromatic carbocycles. The summed E-state index contributed by atoms with van der Waals surface area (Å²) in [5.41, 5.74) is 6.82. The molecule has 0 saturated carbocycles. The number of morpholine rings is 1. The maximum absolute atomic E-state index is 15.3. The van der Waals surface area contributed by atoms with Crippen LogP contribution in [0.4, 0.5) is 21.7 Å². The monoisotopic (exact) mass is 611 g/mol. The maximum Gasteiger partial charge on any atom is 0.275 e. The van der Waals surface area contributed by atoms with Gasteiger partial charge in [-0.3, -0.25) is 9.59 Å². The number of aliphatic hydroxyl groups excluding tert-OH is 1. The normalized spacial score (nSPS) is 15.2. The molecule has 0 bridgehead atoms. The summed E-state index contributed by atoms with van der Waals surface area (Å²) in [7, 11) is 0. The molecule has 0 radical (unpaired) electrons. The van der Waals surface area contributed by atoms with E-state index in [-0.39, 0.29) is 30.0 Å². The largest absolute Gasteiger partial charge is 0.392 e. The van der Waals surface area contributed by atoms with Crippen LogP contribution in [0, 0.1) is 5.82 Å². The second-order valence-electron chi connectivity index (χ2n) is 12.0. The van der Waals surface area contributed by atoms with Crippen LogP contribution in [0.1, 0.15) is 58.2 Å². The first-order chi connectivity index (χ1) is 21.6. The molecule has 11 nitrogen and oxygen atoms in total. The number of halogens is 1. The molecule has 2 aliphatic rings. The highest BCUT2D eigenvalue weighted by molar-refractivity contribution is 6.08. The van der Waals surface area contributed by atoms with Crippen molar-refractivity contribution in [2.24, 2.45) is 0 Å². The van der Waals surface area contributed by atoms with E-state index in [0.29, 0.717) is 71.4 Å². The third-order valence-corrected chi connectivity index (χ3v) is 7.96. The summed E-state index contributed by atoms with van der Waals surface area (Å²) >= 11 is 0. The first-order valence-electron chi connectivity index (χ1n) is 14.7. The molecule has 1 fully saturated rings. The summed E-state index contributed by atoms with van der Waals surface area (Å²) in [6, 6.07) is 13.7. The van der Waals surface area contributed by atoms with Crippen LogP contribution in [0.3, 0.4) is 0 Å². The van der Waals surface area contributed by atoms with Gasteiger partial charge in [0.25, 0.3) is 11.8 Å². The van der Waals surface area contributed by atoms with Crippen molar-refractivity contribution in [1.29, 1.82) is 0 Å². The van der Waals surface area contributed by atoms with Gasteiger partial charge in [0.15, 0.2) is 5.82 Å². The van der Waals surface area contributed by atoms with E-state index in [0.717, 1.165) is 5.56 Å². The van der Waals surface area contributed by atoms with E-state index in [9.17, 15) is 14.7 Å². The first kappa shape index (κ1) is 30.3. The number of nitrogens with one attached hydrogen (secondary N) is 2. The van der Waals surface area contributed by atoms with Crippen molar-refractivity contribution < 1.29 is 23.8 Å². The van der Waals surface area contributed by atoms with Gasteiger partial charge in [0.1, 0.15) is 11.6 Å². The van der Waals surface area contributed by atoms with Crippen LogP contribution in [0.5, 0.6) is 0 Å². The number of ether oxygens (including phenoxy) is 1. The van der Waals surface area contributed by atoms with Crippen molar-refractivity contribution in [3.63, 3.8) is 0 Å². The molecule has 12 heteroatoms. The summed E-state index contributed by atoms with van der Waals surface area (Å²) in [6.45, 7) is 7.96. The van der Waals surface area contributed by atoms with E-state index in [1.807, 2.05) is 26.8 Å². The third kappa shape index (κ3) is 6.12. The number of rotatable bonds is 6. The summed E-state index contributed by atoms with van der Waals surface area (Å²) in [6.07, 6.45) is 3.06. The molecule has 45 heavy (non-hydrogen) atoms. The molecular weight excluding hydrogens is 577 g/mol. The van der Waals surface area contributed by atoms with E-state index in [2.05, 4.69) is 25.9 Å². The van der Waals surface area contributed by atoms with Crippen LogP contribution in [-0.4, -0.2) is 63.3 Å². The summed E-state index contributed by atoms with van der Waals surface area (Å²) in [4.78, 5) is 32.5. The Morgan fingerprint density at radius 2 is 1.89 bits per heavy atom. The van der Waals surface area contributed by atoms with Gasteiger partial charge in [0.2, 0.25) is 0 Å². The number of aromatic nitrogens is 3. The molecule has 2 aliphatic heterocycles. The zero-order chi connectivity index (χ0) is 31.7. The Morgan fingerprint density at radius 3 is 2.60 bits per heavy atom. The number of hydrazine groups is 1. The van der Waals surface area contributed by atoms with Gasteiger partial charge in [-0.15, -0.1) is 5.10 Å². The van der Waals surface area contributed by atoms with Gasteiger partial charge in [-0.1, -0.05) is 39.0 Å². The zero-order valence-electron chi connectivity index (χ0n) is 25.3. The quantitative estimate of drug-likeness (QED) is 0.291. The number of aliphatic hydroxyl groups is 1. The Kier molecular flexibility index (Phi) is 8.28. The lowest BCUT2D eigenvalue weighted by Crippen LogP contribution is -2.48. The predicted octanol–water partition coefficient (Wildman–Crippen LogP) is 4.35. The zero-order valence-corrected chi connectivity index (χ0v) is 25.3. The number of amides is 2. The number of anilines is 3. The molecule has 0 unspecified atom stereocenters. The summed E-state index contributed by atoms with van der Waals surface area (Å²) in [5, 5.41) is 23.2. The minimum absolute atomic E-state index is 0.0123. The Hall–Kier alpha value is -4.78. The Bertz CT molecular complexity index is 1750. The average molecular weight is 612 g/mol. The molecule has 1 saturated heterocycles. The number of hydrogen-bond acceptors (Lipinski definition) is 9. The maximum atomic E-state index is 15.3. The molecule has 4 heterocycles. The highest BCUT2D eigenvalue weighted by Crippen LogP contribution is 2.35.